The van der Waals surface area contributed by atoms with Crippen LogP contribution in [0.5, 0.6) is 5.75 Å². The summed E-state index contributed by atoms with van der Waals surface area (Å²) in [6.45, 7) is 7.41. The Kier molecular flexibility index (Phi) is 7.78. The number of thioether (sulfide) groups is 1. The van der Waals surface area contributed by atoms with Gasteiger partial charge in [0.25, 0.3) is 0 Å². The third-order valence-electron chi connectivity index (χ3n) is 5.10. The van der Waals surface area contributed by atoms with Crippen LogP contribution in [0.25, 0.3) is 0 Å². The summed E-state index contributed by atoms with van der Waals surface area (Å²) in [7, 11) is 0. The van der Waals surface area contributed by atoms with Crippen LogP contribution in [-0.4, -0.2) is 24.9 Å². The van der Waals surface area contributed by atoms with Crippen molar-refractivity contribution in [1.29, 1.82) is 0 Å². The van der Waals surface area contributed by atoms with Gasteiger partial charge < -0.3 is 9.26 Å². The second kappa shape index (κ2) is 11.1. The third kappa shape index (κ3) is 6.44. The van der Waals surface area contributed by atoms with Gasteiger partial charge in [0, 0.05) is 6.42 Å². The molecule has 0 spiro atoms. The molecule has 2 heterocycles. The van der Waals surface area contributed by atoms with Crippen molar-refractivity contribution < 1.29 is 9.26 Å². The highest BCUT2D eigenvalue weighted by Crippen LogP contribution is 2.24. The first-order chi connectivity index (χ1) is 16.1. The molecule has 8 heteroatoms. The van der Waals surface area contributed by atoms with E-state index in [4.69, 9.17) is 9.26 Å². The lowest BCUT2D eigenvalue weighted by molar-refractivity contribution is 0.289. The Bertz CT molecular complexity index is 1140. The maximum atomic E-state index is 6.01. The molecule has 7 nitrogen and oxygen atoms in total. The largest absolute Gasteiger partial charge is 0.486 e. The number of aryl methyl sites for hydroxylation is 1. The minimum Gasteiger partial charge on any atom is -0.486 e. The molecule has 4 aromatic rings. The molecule has 0 aliphatic rings. The molecule has 0 aliphatic heterocycles. The average Bonchev–Trinajstić information content (AvgIpc) is 3.43. The summed E-state index contributed by atoms with van der Waals surface area (Å²) in [5, 5.41) is 13.7. The summed E-state index contributed by atoms with van der Waals surface area (Å²) in [5.74, 6) is 3.95. The lowest BCUT2D eigenvalue weighted by Crippen LogP contribution is -2.09. The number of rotatable bonds is 11. The first-order valence-corrected chi connectivity index (χ1v) is 12.2. The zero-order chi connectivity index (χ0) is 23.0. The van der Waals surface area contributed by atoms with Crippen molar-refractivity contribution in [3.8, 4) is 5.75 Å². The van der Waals surface area contributed by atoms with E-state index in [1.165, 1.54) is 22.9 Å². The molecule has 2 aromatic heterocycles. The summed E-state index contributed by atoms with van der Waals surface area (Å²) in [6.07, 6.45) is 1.81. The second-order valence-corrected chi connectivity index (χ2v) is 9.19. The quantitative estimate of drug-likeness (QED) is 0.278. The molecule has 0 atom stereocenters. The summed E-state index contributed by atoms with van der Waals surface area (Å²) >= 11 is 1.54. The molecule has 172 valence electrons. The van der Waals surface area contributed by atoms with Gasteiger partial charge in [-0.25, -0.2) is 0 Å². The van der Waals surface area contributed by atoms with E-state index in [1.54, 1.807) is 0 Å². The van der Waals surface area contributed by atoms with Crippen LogP contribution in [0.1, 0.15) is 49.4 Å². The predicted octanol–water partition coefficient (Wildman–Crippen LogP) is 5.34. The Labute approximate surface area is 198 Å². The highest BCUT2D eigenvalue weighted by molar-refractivity contribution is 7.98. The molecule has 0 N–H and O–H groups in total. The highest BCUT2D eigenvalue weighted by Gasteiger charge is 2.16. The van der Waals surface area contributed by atoms with Crippen LogP contribution in [0.3, 0.4) is 0 Å². The zero-order valence-electron chi connectivity index (χ0n) is 19.3. The van der Waals surface area contributed by atoms with E-state index in [0.717, 1.165) is 35.4 Å². The molecule has 0 fully saturated rings. The van der Waals surface area contributed by atoms with Gasteiger partial charge in [-0.3, -0.25) is 4.57 Å². The van der Waals surface area contributed by atoms with Crippen LogP contribution in [0.4, 0.5) is 0 Å². The molecular formula is C25H29N5O2S. The Morgan fingerprint density at radius 3 is 2.52 bits per heavy atom. The summed E-state index contributed by atoms with van der Waals surface area (Å²) in [4.78, 5) is 4.50. The van der Waals surface area contributed by atoms with Crippen molar-refractivity contribution in [3.63, 3.8) is 0 Å². The summed E-state index contributed by atoms with van der Waals surface area (Å²) in [6, 6.07) is 18.4. The number of benzene rings is 2. The normalized spacial score (nSPS) is 11.3. The fraction of sp³-hybridized carbons (Fsp3) is 0.360. The van der Waals surface area contributed by atoms with Crippen LogP contribution < -0.4 is 4.74 Å². The van der Waals surface area contributed by atoms with E-state index in [9.17, 15) is 0 Å². The minimum atomic E-state index is 0.338. The molecule has 0 bridgehead atoms. The first-order valence-electron chi connectivity index (χ1n) is 11.2. The van der Waals surface area contributed by atoms with Gasteiger partial charge >= 0.3 is 0 Å². The van der Waals surface area contributed by atoms with Crippen LogP contribution in [0.2, 0.25) is 0 Å². The van der Waals surface area contributed by atoms with Crippen LogP contribution in [0.15, 0.2) is 64.3 Å². The van der Waals surface area contributed by atoms with E-state index in [1.807, 2.05) is 30.3 Å². The highest BCUT2D eigenvalue weighted by atomic mass is 32.2. The zero-order valence-corrected chi connectivity index (χ0v) is 20.1. The molecule has 0 saturated carbocycles. The van der Waals surface area contributed by atoms with Gasteiger partial charge in [-0.15, -0.1) is 10.2 Å². The maximum absolute atomic E-state index is 6.01. The number of hydrogen-bond donors (Lipinski definition) is 0. The fourth-order valence-electron chi connectivity index (χ4n) is 3.35. The Morgan fingerprint density at radius 2 is 1.79 bits per heavy atom. The van der Waals surface area contributed by atoms with Gasteiger partial charge in [-0.2, -0.15) is 4.98 Å². The van der Waals surface area contributed by atoms with Crippen molar-refractivity contribution in [2.24, 2.45) is 5.92 Å². The molecule has 0 radical (unpaired) electrons. The summed E-state index contributed by atoms with van der Waals surface area (Å²) in [5.41, 5.74) is 2.45. The van der Waals surface area contributed by atoms with Crippen molar-refractivity contribution >= 4 is 11.8 Å². The third-order valence-corrected chi connectivity index (χ3v) is 6.05. The van der Waals surface area contributed by atoms with Gasteiger partial charge in [0.1, 0.15) is 12.4 Å². The molecule has 0 aliphatic carbocycles. The minimum absolute atomic E-state index is 0.338. The maximum Gasteiger partial charge on any atom is 0.237 e. The van der Waals surface area contributed by atoms with E-state index in [2.05, 4.69) is 69.9 Å². The Hall–Kier alpha value is -3.13. The monoisotopic (exact) mass is 463 g/mol. The van der Waals surface area contributed by atoms with Crippen LogP contribution in [-0.2, 0) is 31.7 Å². The van der Waals surface area contributed by atoms with E-state index in [0.29, 0.717) is 30.7 Å². The predicted molar refractivity (Wildman–Crippen MR) is 128 cm³/mol. The van der Waals surface area contributed by atoms with Crippen molar-refractivity contribution in [2.45, 2.75) is 57.7 Å². The average molecular weight is 464 g/mol. The first kappa shape index (κ1) is 23.0. The van der Waals surface area contributed by atoms with Crippen molar-refractivity contribution in [2.75, 3.05) is 0 Å². The lowest BCUT2D eigenvalue weighted by atomic mass is 10.1. The molecule has 33 heavy (non-hydrogen) atoms. The van der Waals surface area contributed by atoms with Gasteiger partial charge in [-0.05, 0) is 35.6 Å². The molecular weight excluding hydrogens is 434 g/mol. The van der Waals surface area contributed by atoms with Crippen LogP contribution in [0, 0.1) is 5.92 Å². The molecule has 0 unspecified atom stereocenters. The molecule has 0 saturated heterocycles. The van der Waals surface area contributed by atoms with Gasteiger partial charge in [0.05, 0.1) is 12.3 Å². The fourth-order valence-corrected chi connectivity index (χ4v) is 4.14. The van der Waals surface area contributed by atoms with Gasteiger partial charge in [0.15, 0.2) is 16.8 Å². The SMILES string of the molecule is CCc1ccc(OCc2nnc(SCc3nc(CC(C)C)no3)n2Cc2ccccc2)cc1. The van der Waals surface area contributed by atoms with E-state index >= 15 is 0 Å². The van der Waals surface area contributed by atoms with E-state index in [-0.39, 0.29) is 0 Å². The Morgan fingerprint density at radius 1 is 1.00 bits per heavy atom. The van der Waals surface area contributed by atoms with Crippen molar-refractivity contribution in [3.05, 3.63) is 83.3 Å². The summed E-state index contributed by atoms with van der Waals surface area (Å²) < 4.78 is 13.5. The molecule has 4 rings (SSSR count). The topological polar surface area (TPSA) is 78.9 Å². The van der Waals surface area contributed by atoms with E-state index < -0.39 is 0 Å². The lowest BCUT2D eigenvalue weighted by Gasteiger charge is -2.11. The standard InChI is InChI=1S/C25H29N5O2S/c1-4-19-10-12-21(13-11-19)31-16-23-27-28-25(30(23)15-20-8-6-5-7-9-20)33-17-24-26-22(29-32-24)14-18(2)3/h5-13,18H,4,14-17H2,1-3H3. The van der Waals surface area contributed by atoms with Gasteiger partial charge in [-0.1, -0.05) is 80.2 Å². The number of nitrogens with zero attached hydrogens (tertiary/aromatic N) is 5. The number of hydrogen-bond acceptors (Lipinski definition) is 7. The molecule has 0 amide bonds. The number of aromatic nitrogens is 5. The number of ether oxygens (including phenoxy) is 1. The Balaban J connectivity index is 1.48. The molecule has 2 aromatic carbocycles. The van der Waals surface area contributed by atoms with Gasteiger partial charge in [0.2, 0.25) is 5.89 Å². The smallest absolute Gasteiger partial charge is 0.237 e. The van der Waals surface area contributed by atoms with Crippen LogP contribution >= 0.6 is 11.8 Å². The second-order valence-electron chi connectivity index (χ2n) is 8.25. The van der Waals surface area contributed by atoms with Crippen molar-refractivity contribution in [1.82, 2.24) is 24.9 Å².